The third-order valence-corrected chi connectivity index (χ3v) is 3.48. The van der Waals surface area contributed by atoms with Crippen molar-refractivity contribution in [1.29, 1.82) is 0 Å². The fraction of sp³-hybridized carbons (Fsp3) is 0.143. The molecule has 0 bridgehead atoms. The number of hydrogen-bond donors (Lipinski definition) is 2. The molecule has 1 aromatic carbocycles. The Hall–Kier alpha value is -2.06. The van der Waals surface area contributed by atoms with Crippen molar-refractivity contribution in [3.63, 3.8) is 0 Å². The van der Waals surface area contributed by atoms with Gasteiger partial charge in [0.1, 0.15) is 11.4 Å². The average Bonchev–Trinajstić information content (AvgIpc) is 2.53. The van der Waals surface area contributed by atoms with Crippen LogP contribution in [0.4, 0.5) is 23.2 Å². The maximum absolute atomic E-state index is 13.5. The van der Waals surface area contributed by atoms with Gasteiger partial charge in [-0.3, -0.25) is 5.43 Å². The van der Waals surface area contributed by atoms with Gasteiger partial charge in [-0.25, -0.2) is 0 Å². The predicted molar refractivity (Wildman–Crippen MR) is 82.6 cm³/mol. The molecular formula is C14H9Cl2F4N3O. The van der Waals surface area contributed by atoms with Crippen molar-refractivity contribution < 1.29 is 22.7 Å². The molecule has 1 aromatic heterocycles. The standard InChI is InChI=1S/C14H9Cl2F4N3O/c1-2-8(6-3-5(15)4-7(16)12(6)24)22-23-11-9(17)13(19)21-14(20)10(11)18/h3-4,24H,2H2,1H3,(H,21,23)/b22-8+. The molecule has 0 atom stereocenters. The second-order valence-corrected chi connectivity index (χ2v) is 5.35. The Morgan fingerprint density at radius 1 is 1.17 bits per heavy atom. The zero-order valence-corrected chi connectivity index (χ0v) is 13.5. The van der Waals surface area contributed by atoms with Crippen LogP contribution in [0.1, 0.15) is 18.9 Å². The summed E-state index contributed by atoms with van der Waals surface area (Å²) in [5, 5.41) is 13.7. The molecule has 24 heavy (non-hydrogen) atoms. The van der Waals surface area contributed by atoms with Crippen LogP contribution in [0.2, 0.25) is 10.0 Å². The molecule has 2 aromatic rings. The molecule has 0 saturated carbocycles. The highest BCUT2D eigenvalue weighted by Gasteiger charge is 2.21. The number of hydrogen-bond acceptors (Lipinski definition) is 4. The molecule has 128 valence electrons. The van der Waals surface area contributed by atoms with Crippen molar-refractivity contribution in [3.8, 4) is 5.75 Å². The fourth-order valence-corrected chi connectivity index (χ4v) is 2.32. The number of hydrazone groups is 1. The number of anilines is 1. The van der Waals surface area contributed by atoms with Gasteiger partial charge in [-0.05, 0) is 18.6 Å². The summed E-state index contributed by atoms with van der Waals surface area (Å²) >= 11 is 11.6. The molecule has 0 aliphatic heterocycles. The lowest BCUT2D eigenvalue weighted by molar-refractivity contribution is 0.411. The van der Waals surface area contributed by atoms with Crippen LogP contribution in [-0.4, -0.2) is 15.8 Å². The molecule has 10 heteroatoms. The van der Waals surface area contributed by atoms with Gasteiger partial charge >= 0.3 is 0 Å². The molecule has 2 N–H and O–H groups in total. The van der Waals surface area contributed by atoms with Gasteiger partial charge in [0.15, 0.2) is 0 Å². The van der Waals surface area contributed by atoms with Crippen molar-refractivity contribution in [1.82, 2.24) is 4.98 Å². The highest BCUT2D eigenvalue weighted by Crippen LogP contribution is 2.32. The molecule has 1 heterocycles. The van der Waals surface area contributed by atoms with E-state index in [4.69, 9.17) is 23.2 Å². The largest absolute Gasteiger partial charge is 0.506 e. The average molecular weight is 382 g/mol. The van der Waals surface area contributed by atoms with Gasteiger partial charge in [0, 0.05) is 10.6 Å². The molecule has 4 nitrogen and oxygen atoms in total. The number of aromatic hydroxyl groups is 1. The van der Waals surface area contributed by atoms with Crippen LogP contribution < -0.4 is 5.43 Å². The SMILES string of the molecule is CC/C(=N\Nc1c(F)c(F)nc(F)c1F)c1cc(Cl)cc(Cl)c1O. The second-order valence-electron chi connectivity index (χ2n) is 4.50. The molecule has 0 saturated heterocycles. The first-order valence-corrected chi connectivity index (χ1v) is 7.22. The zero-order valence-electron chi connectivity index (χ0n) is 12.0. The van der Waals surface area contributed by atoms with Crippen molar-refractivity contribution >= 4 is 34.6 Å². The number of nitrogens with one attached hydrogen (secondary N) is 1. The Kier molecular flexibility index (Phi) is 5.51. The number of aromatic nitrogens is 1. The van der Waals surface area contributed by atoms with Crippen LogP contribution >= 0.6 is 23.2 Å². The third kappa shape index (κ3) is 3.54. The Bertz CT molecular complexity index is 804. The Morgan fingerprint density at radius 2 is 1.75 bits per heavy atom. The maximum Gasteiger partial charge on any atom is 0.254 e. The van der Waals surface area contributed by atoms with E-state index in [1.165, 1.54) is 12.1 Å². The van der Waals surface area contributed by atoms with Crippen molar-refractivity contribution in [2.24, 2.45) is 5.10 Å². The minimum atomic E-state index is -1.82. The molecule has 0 radical (unpaired) electrons. The smallest absolute Gasteiger partial charge is 0.254 e. The van der Waals surface area contributed by atoms with Crippen LogP contribution in [0.25, 0.3) is 0 Å². The molecule has 0 unspecified atom stereocenters. The molecule has 0 spiro atoms. The lowest BCUT2D eigenvalue weighted by Gasteiger charge is -2.10. The Labute approximate surface area is 143 Å². The van der Waals surface area contributed by atoms with Gasteiger partial charge in [-0.15, -0.1) is 0 Å². The van der Waals surface area contributed by atoms with Gasteiger partial charge in [0.05, 0.1) is 10.7 Å². The van der Waals surface area contributed by atoms with Crippen LogP contribution in [0, 0.1) is 23.5 Å². The summed E-state index contributed by atoms with van der Waals surface area (Å²) < 4.78 is 53.2. The van der Waals surface area contributed by atoms with E-state index in [9.17, 15) is 22.7 Å². The predicted octanol–water partition coefficient (Wildman–Crippen LogP) is 4.88. The molecule has 0 aliphatic carbocycles. The number of benzene rings is 1. The van der Waals surface area contributed by atoms with E-state index < -0.39 is 29.2 Å². The summed E-state index contributed by atoms with van der Waals surface area (Å²) in [6.45, 7) is 1.62. The number of phenols is 1. The van der Waals surface area contributed by atoms with E-state index in [0.717, 1.165) is 0 Å². The topological polar surface area (TPSA) is 57.5 Å². The number of nitrogens with zero attached hydrogens (tertiary/aromatic N) is 2. The first-order valence-electron chi connectivity index (χ1n) is 6.47. The first-order chi connectivity index (χ1) is 11.3. The lowest BCUT2D eigenvalue weighted by atomic mass is 10.1. The van der Waals surface area contributed by atoms with Gasteiger partial charge < -0.3 is 5.11 Å². The van der Waals surface area contributed by atoms with E-state index in [1.807, 2.05) is 5.43 Å². The molecule has 2 rings (SSSR count). The maximum atomic E-state index is 13.5. The molecule has 0 fully saturated rings. The highest BCUT2D eigenvalue weighted by atomic mass is 35.5. The van der Waals surface area contributed by atoms with E-state index in [1.54, 1.807) is 6.92 Å². The lowest BCUT2D eigenvalue weighted by Crippen LogP contribution is -2.09. The minimum Gasteiger partial charge on any atom is -0.506 e. The van der Waals surface area contributed by atoms with Gasteiger partial charge in [-0.1, -0.05) is 30.1 Å². The van der Waals surface area contributed by atoms with E-state index in [-0.39, 0.29) is 33.5 Å². The molecular weight excluding hydrogens is 373 g/mol. The quantitative estimate of drug-likeness (QED) is 0.343. The van der Waals surface area contributed by atoms with E-state index in [2.05, 4.69) is 10.1 Å². The van der Waals surface area contributed by atoms with Crippen molar-refractivity contribution in [3.05, 3.63) is 51.3 Å². The van der Waals surface area contributed by atoms with Gasteiger partial charge in [-0.2, -0.15) is 27.6 Å². The molecule has 0 amide bonds. The Morgan fingerprint density at radius 3 is 2.29 bits per heavy atom. The van der Waals surface area contributed by atoms with Crippen molar-refractivity contribution in [2.75, 3.05) is 5.43 Å². The van der Waals surface area contributed by atoms with Crippen LogP contribution in [0.3, 0.4) is 0 Å². The summed E-state index contributed by atoms with van der Waals surface area (Å²) in [6.07, 6.45) is 0.177. The first kappa shape index (κ1) is 18.3. The van der Waals surface area contributed by atoms with Crippen LogP contribution in [-0.2, 0) is 0 Å². The summed E-state index contributed by atoms with van der Waals surface area (Å²) in [5.41, 5.74) is 0.932. The van der Waals surface area contributed by atoms with Gasteiger partial charge in [0.2, 0.25) is 11.6 Å². The monoisotopic (exact) mass is 381 g/mol. The van der Waals surface area contributed by atoms with E-state index >= 15 is 0 Å². The summed E-state index contributed by atoms with van der Waals surface area (Å²) in [7, 11) is 0. The summed E-state index contributed by atoms with van der Waals surface area (Å²) in [6, 6.07) is 2.61. The number of pyridine rings is 1. The van der Waals surface area contributed by atoms with Crippen molar-refractivity contribution in [2.45, 2.75) is 13.3 Å². The fourth-order valence-electron chi connectivity index (χ4n) is 1.82. The van der Waals surface area contributed by atoms with Gasteiger partial charge in [0.25, 0.3) is 11.9 Å². The minimum absolute atomic E-state index is 0.0583. The zero-order chi connectivity index (χ0) is 18.0. The highest BCUT2D eigenvalue weighted by molar-refractivity contribution is 6.36. The van der Waals surface area contributed by atoms with E-state index in [0.29, 0.717) is 0 Å². The summed E-state index contributed by atoms with van der Waals surface area (Å²) in [5.74, 6) is -7.46. The number of phenolic OH excluding ortho intramolecular Hbond substituents is 1. The third-order valence-electron chi connectivity index (χ3n) is 2.97. The number of rotatable bonds is 4. The Balaban J connectivity index is 2.48. The molecule has 0 aliphatic rings. The van der Waals surface area contributed by atoms with Crippen LogP contribution in [0.5, 0.6) is 5.75 Å². The van der Waals surface area contributed by atoms with Crippen LogP contribution in [0.15, 0.2) is 17.2 Å². The summed E-state index contributed by atoms with van der Waals surface area (Å²) in [4.78, 5) is 2.43. The second kappa shape index (κ2) is 7.23. The normalized spacial score (nSPS) is 11.7. The number of halogens is 6.